The largest absolute Gasteiger partial charge is 0.481 e. The molecule has 0 bridgehead atoms. The molecule has 21 heavy (non-hydrogen) atoms. The number of hydrogen-bond donors (Lipinski definition) is 1. The highest BCUT2D eigenvalue weighted by Gasteiger charge is 2.44. The summed E-state index contributed by atoms with van der Waals surface area (Å²) in [7, 11) is 1.61. The summed E-state index contributed by atoms with van der Waals surface area (Å²) in [6.45, 7) is 7.13. The summed E-state index contributed by atoms with van der Waals surface area (Å²) in [5.74, 6) is -1.40. The van der Waals surface area contributed by atoms with Crippen molar-refractivity contribution in [2.24, 2.45) is 17.8 Å². The number of carboxylic acids is 1. The van der Waals surface area contributed by atoms with Crippen LogP contribution < -0.4 is 0 Å². The fourth-order valence-electron chi connectivity index (χ4n) is 3.19. The molecule has 0 saturated heterocycles. The maximum Gasteiger partial charge on any atom is 0.307 e. The smallest absolute Gasteiger partial charge is 0.307 e. The lowest BCUT2D eigenvalue weighted by Crippen LogP contribution is -2.45. The predicted molar refractivity (Wildman–Crippen MR) is 81.0 cm³/mol. The molecule has 5 nitrogen and oxygen atoms in total. The third-order valence-electron chi connectivity index (χ3n) is 4.81. The molecule has 1 aliphatic carbocycles. The van der Waals surface area contributed by atoms with E-state index in [9.17, 15) is 14.7 Å². The molecule has 0 aromatic carbocycles. The first kappa shape index (κ1) is 18.0. The Balaban J connectivity index is 2.87. The first-order chi connectivity index (χ1) is 9.96. The normalized spacial score (nSPS) is 26.6. The topological polar surface area (TPSA) is 66.8 Å². The molecule has 0 aromatic heterocycles. The van der Waals surface area contributed by atoms with Crippen LogP contribution in [0.15, 0.2) is 0 Å². The van der Waals surface area contributed by atoms with E-state index in [1.54, 1.807) is 7.11 Å². The number of aliphatic carboxylic acids is 1. The van der Waals surface area contributed by atoms with Crippen molar-refractivity contribution in [2.45, 2.75) is 52.5 Å². The summed E-state index contributed by atoms with van der Waals surface area (Å²) < 4.78 is 5.09. The molecule has 0 heterocycles. The van der Waals surface area contributed by atoms with Crippen molar-refractivity contribution in [2.75, 3.05) is 20.3 Å². The van der Waals surface area contributed by atoms with Gasteiger partial charge in [0, 0.05) is 19.7 Å². The number of carbonyl (C=O) groups excluding carboxylic acids is 1. The summed E-state index contributed by atoms with van der Waals surface area (Å²) in [4.78, 5) is 26.1. The van der Waals surface area contributed by atoms with Crippen LogP contribution in [0, 0.1) is 17.8 Å². The Labute approximate surface area is 127 Å². The molecule has 1 saturated carbocycles. The first-order valence-corrected chi connectivity index (χ1v) is 7.98. The van der Waals surface area contributed by atoms with Crippen LogP contribution in [-0.4, -0.2) is 48.2 Å². The molecular weight excluding hydrogens is 270 g/mol. The van der Waals surface area contributed by atoms with Crippen LogP contribution in [0.4, 0.5) is 0 Å². The molecule has 1 N–H and O–H groups in total. The summed E-state index contributed by atoms with van der Waals surface area (Å²) in [6, 6.07) is 0.114. The predicted octanol–water partition coefficient (Wildman–Crippen LogP) is 2.40. The van der Waals surface area contributed by atoms with Crippen LogP contribution in [0.2, 0.25) is 0 Å². The fourth-order valence-corrected chi connectivity index (χ4v) is 3.19. The zero-order chi connectivity index (χ0) is 16.0. The molecule has 1 amide bonds. The van der Waals surface area contributed by atoms with E-state index in [-0.39, 0.29) is 17.9 Å². The minimum Gasteiger partial charge on any atom is -0.481 e. The highest BCUT2D eigenvalue weighted by molar-refractivity contribution is 5.85. The van der Waals surface area contributed by atoms with Crippen molar-refractivity contribution < 1.29 is 19.4 Å². The number of rotatable bonds is 8. The molecular formula is C16H29NO4. The number of methoxy groups -OCH3 is 1. The molecule has 1 rings (SSSR count). The van der Waals surface area contributed by atoms with Crippen molar-refractivity contribution in [3.05, 3.63) is 0 Å². The molecule has 4 atom stereocenters. The summed E-state index contributed by atoms with van der Waals surface area (Å²) in [5.41, 5.74) is 0. The second-order valence-electron chi connectivity index (χ2n) is 6.08. The van der Waals surface area contributed by atoms with E-state index in [1.807, 2.05) is 18.7 Å². The lowest BCUT2D eigenvalue weighted by Gasteiger charge is -2.32. The molecule has 1 fully saturated rings. The van der Waals surface area contributed by atoms with Gasteiger partial charge in [0.15, 0.2) is 0 Å². The average Bonchev–Trinajstić information content (AvgIpc) is 2.91. The third-order valence-corrected chi connectivity index (χ3v) is 4.81. The lowest BCUT2D eigenvalue weighted by molar-refractivity contribution is -0.150. The molecule has 0 radical (unpaired) electrons. The fraction of sp³-hybridized carbons (Fsp3) is 0.875. The number of ether oxygens (including phenoxy) is 1. The molecule has 122 valence electrons. The van der Waals surface area contributed by atoms with Gasteiger partial charge in [-0.3, -0.25) is 9.59 Å². The van der Waals surface area contributed by atoms with Crippen LogP contribution in [-0.2, 0) is 14.3 Å². The molecule has 1 aliphatic rings. The van der Waals surface area contributed by atoms with Crippen molar-refractivity contribution in [3.8, 4) is 0 Å². The highest BCUT2D eigenvalue weighted by atomic mass is 16.5. The quantitative estimate of drug-likeness (QED) is 0.747. The van der Waals surface area contributed by atoms with Gasteiger partial charge in [-0.15, -0.1) is 0 Å². The van der Waals surface area contributed by atoms with Crippen LogP contribution >= 0.6 is 0 Å². The SMILES string of the molecule is CCC1CC(C(=O)O)C(C(=O)N(CCOC)C(C)CC)C1. The monoisotopic (exact) mass is 299 g/mol. The summed E-state index contributed by atoms with van der Waals surface area (Å²) in [5, 5.41) is 9.40. The zero-order valence-electron chi connectivity index (χ0n) is 13.7. The minimum atomic E-state index is -0.833. The van der Waals surface area contributed by atoms with Crippen LogP contribution in [0.3, 0.4) is 0 Å². The van der Waals surface area contributed by atoms with Gasteiger partial charge in [-0.05, 0) is 32.1 Å². The van der Waals surface area contributed by atoms with Gasteiger partial charge in [-0.2, -0.15) is 0 Å². The van der Waals surface area contributed by atoms with E-state index in [0.29, 0.717) is 31.9 Å². The van der Waals surface area contributed by atoms with Crippen LogP contribution in [0.1, 0.15) is 46.5 Å². The van der Waals surface area contributed by atoms with Gasteiger partial charge < -0.3 is 14.7 Å². The number of carboxylic acid groups (broad SMARTS) is 1. The van der Waals surface area contributed by atoms with Gasteiger partial charge in [0.05, 0.1) is 18.4 Å². The van der Waals surface area contributed by atoms with Crippen molar-refractivity contribution >= 4 is 11.9 Å². The first-order valence-electron chi connectivity index (χ1n) is 7.98. The van der Waals surface area contributed by atoms with Gasteiger partial charge in [0.2, 0.25) is 5.91 Å². The van der Waals surface area contributed by atoms with E-state index in [1.165, 1.54) is 0 Å². The Morgan fingerprint density at radius 2 is 1.90 bits per heavy atom. The molecule has 0 aromatic rings. The summed E-state index contributed by atoms with van der Waals surface area (Å²) >= 11 is 0. The average molecular weight is 299 g/mol. The lowest BCUT2D eigenvalue weighted by atomic mass is 9.94. The zero-order valence-corrected chi connectivity index (χ0v) is 13.7. The van der Waals surface area contributed by atoms with E-state index >= 15 is 0 Å². The molecule has 0 spiro atoms. The van der Waals surface area contributed by atoms with Crippen LogP contribution in [0.25, 0.3) is 0 Å². The Kier molecular flexibility index (Phi) is 7.15. The Morgan fingerprint density at radius 1 is 1.29 bits per heavy atom. The van der Waals surface area contributed by atoms with E-state index in [2.05, 4.69) is 6.92 Å². The Morgan fingerprint density at radius 3 is 2.38 bits per heavy atom. The Hall–Kier alpha value is -1.10. The molecule has 5 heteroatoms. The molecule has 4 unspecified atom stereocenters. The van der Waals surface area contributed by atoms with Gasteiger partial charge in [-0.25, -0.2) is 0 Å². The number of amides is 1. The van der Waals surface area contributed by atoms with Gasteiger partial charge in [0.1, 0.15) is 0 Å². The maximum absolute atomic E-state index is 12.8. The second kappa shape index (κ2) is 8.37. The van der Waals surface area contributed by atoms with Gasteiger partial charge in [0.25, 0.3) is 0 Å². The van der Waals surface area contributed by atoms with Crippen LogP contribution in [0.5, 0.6) is 0 Å². The second-order valence-corrected chi connectivity index (χ2v) is 6.08. The van der Waals surface area contributed by atoms with Crippen molar-refractivity contribution in [3.63, 3.8) is 0 Å². The van der Waals surface area contributed by atoms with E-state index in [4.69, 9.17) is 4.74 Å². The van der Waals surface area contributed by atoms with Crippen molar-refractivity contribution in [1.29, 1.82) is 0 Å². The Bertz CT molecular complexity index is 358. The number of nitrogens with zero attached hydrogens (tertiary/aromatic N) is 1. The standard InChI is InChI=1S/C16H29NO4/c1-5-11(3)17(7-8-21-4)15(18)13-9-12(6-2)10-14(13)16(19)20/h11-14H,5-10H2,1-4H3,(H,19,20). The summed E-state index contributed by atoms with van der Waals surface area (Å²) in [6.07, 6.45) is 3.12. The van der Waals surface area contributed by atoms with Gasteiger partial charge in [-0.1, -0.05) is 20.3 Å². The highest BCUT2D eigenvalue weighted by Crippen LogP contribution is 2.39. The number of hydrogen-bond acceptors (Lipinski definition) is 3. The maximum atomic E-state index is 12.8. The van der Waals surface area contributed by atoms with E-state index in [0.717, 1.165) is 12.8 Å². The third kappa shape index (κ3) is 4.43. The minimum absolute atomic E-state index is 0.00949. The van der Waals surface area contributed by atoms with Crippen molar-refractivity contribution in [1.82, 2.24) is 4.90 Å². The molecule has 0 aliphatic heterocycles. The van der Waals surface area contributed by atoms with E-state index < -0.39 is 11.9 Å². The number of carbonyl (C=O) groups is 2. The van der Waals surface area contributed by atoms with Gasteiger partial charge >= 0.3 is 5.97 Å².